The van der Waals surface area contributed by atoms with E-state index in [1.54, 1.807) is 7.11 Å². The second-order valence-corrected chi connectivity index (χ2v) is 3.99. The summed E-state index contributed by atoms with van der Waals surface area (Å²) >= 11 is 0. The summed E-state index contributed by atoms with van der Waals surface area (Å²) in [4.78, 5) is 0. The number of methoxy groups -OCH3 is 1. The molecule has 3 nitrogen and oxygen atoms in total. The Morgan fingerprint density at radius 2 is 2.00 bits per heavy atom. The van der Waals surface area contributed by atoms with Gasteiger partial charge in [0.05, 0.1) is 18.8 Å². The summed E-state index contributed by atoms with van der Waals surface area (Å²) in [5, 5.41) is 9.72. The summed E-state index contributed by atoms with van der Waals surface area (Å²) < 4.78 is 10.6. The highest BCUT2D eigenvalue weighted by Crippen LogP contribution is 2.35. The van der Waals surface area contributed by atoms with Gasteiger partial charge in [-0.2, -0.15) is 0 Å². The maximum Gasteiger partial charge on any atom is 0.104 e. The van der Waals surface area contributed by atoms with E-state index in [1.165, 1.54) is 12.8 Å². The van der Waals surface area contributed by atoms with Gasteiger partial charge in [0, 0.05) is 7.11 Å². The molecule has 0 bridgehead atoms. The predicted molar refractivity (Wildman–Crippen MR) is 50.6 cm³/mol. The molecule has 0 radical (unpaired) electrons. The van der Waals surface area contributed by atoms with Crippen molar-refractivity contribution in [3.8, 4) is 0 Å². The maximum atomic E-state index is 9.72. The summed E-state index contributed by atoms with van der Waals surface area (Å²) in [7, 11) is 1.65. The molecule has 0 heterocycles. The minimum Gasteiger partial charge on any atom is -0.388 e. The zero-order valence-corrected chi connectivity index (χ0v) is 8.69. The molecule has 0 saturated heterocycles. The summed E-state index contributed by atoms with van der Waals surface area (Å²) in [6, 6.07) is 0. The predicted octanol–water partition coefficient (Wildman–Crippen LogP) is 1.20. The van der Waals surface area contributed by atoms with Crippen LogP contribution in [0, 0.1) is 5.92 Å². The average molecular weight is 188 g/mol. The SMILES string of the molecule is COC(C(O)COC(C)C)C1CC1. The third-order valence-corrected chi connectivity index (χ3v) is 2.34. The first kappa shape index (κ1) is 11.0. The number of aliphatic hydroxyl groups excluding tert-OH is 1. The molecule has 1 aliphatic rings. The van der Waals surface area contributed by atoms with Crippen molar-refractivity contribution in [1.29, 1.82) is 0 Å². The first-order chi connectivity index (χ1) is 6.15. The van der Waals surface area contributed by atoms with E-state index >= 15 is 0 Å². The van der Waals surface area contributed by atoms with Crippen molar-refractivity contribution in [2.24, 2.45) is 5.92 Å². The molecule has 1 N–H and O–H groups in total. The van der Waals surface area contributed by atoms with E-state index in [1.807, 2.05) is 13.8 Å². The highest BCUT2D eigenvalue weighted by atomic mass is 16.5. The Morgan fingerprint density at radius 1 is 1.38 bits per heavy atom. The van der Waals surface area contributed by atoms with Crippen molar-refractivity contribution in [3.63, 3.8) is 0 Å². The molecule has 3 heteroatoms. The Morgan fingerprint density at radius 3 is 2.38 bits per heavy atom. The van der Waals surface area contributed by atoms with Gasteiger partial charge in [0.15, 0.2) is 0 Å². The number of hydrogen-bond donors (Lipinski definition) is 1. The van der Waals surface area contributed by atoms with Gasteiger partial charge in [0.25, 0.3) is 0 Å². The standard InChI is InChI=1S/C10H20O3/c1-7(2)13-6-9(11)10(12-3)8-4-5-8/h7-11H,4-6H2,1-3H3. The molecule has 1 aliphatic carbocycles. The van der Waals surface area contributed by atoms with E-state index in [0.717, 1.165) is 0 Å². The van der Waals surface area contributed by atoms with Gasteiger partial charge in [-0.15, -0.1) is 0 Å². The number of rotatable bonds is 6. The molecule has 0 aromatic rings. The first-order valence-electron chi connectivity index (χ1n) is 4.97. The van der Waals surface area contributed by atoms with Gasteiger partial charge in [-0.05, 0) is 32.6 Å². The lowest BCUT2D eigenvalue weighted by molar-refractivity contribution is -0.0753. The lowest BCUT2D eigenvalue weighted by Gasteiger charge is -2.22. The van der Waals surface area contributed by atoms with Crippen LogP contribution >= 0.6 is 0 Å². The van der Waals surface area contributed by atoms with Gasteiger partial charge in [-0.3, -0.25) is 0 Å². The second-order valence-electron chi connectivity index (χ2n) is 3.99. The molecule has 13 heavy (non-hydrogen) atoms. The van der Waals surface area contributed by atoms with Crippen LogP contribution in [0.25, 0.3) is 0 Å². The molecule has 2 unspecified atom stereocenters. The quantitative estimate of drug-likeness (QED) is 0.680. The summed E-state index contributed by atoms with van der Waals surface area (Å²) in [5.74, 6) is 0.552. The first-order valence-corrected chi connectivity index (χ1v) is 4.97. The van der Waals surface area contributed by atoms with Gasteiger partial charge in [0.1, 0.15) is 6.10 Å². The minimum atomic E-state index is -0.472. The fourth-order valence-electron chi connectivity index (χ4n) is 1.47. The van der Waals surface area contributed by atoms with E-state index in [2.05, 4.69) is 0 Å². The van der Waals surface area contributed by atoms with Crippen molar-refractivity contribution in [2.75, 3.05) is 13.7 Å². The number of ether oxygens (including phenoxy) is 2. The van der Waals surface area contributed by atoms with Gasteiger partial charge in [-0.25, -0.2) is 0 Å². The zero-order valence-electron chi connectivity index (χ0n) is 8.69. The molecule has 78 valence electrons. The van der Waals surface area contributed by atoms with Crippen LogP contribution in [0.2, 0.25) is 0 Å². The Hall–Kier alpha value is -0.120. The minimum absolute atomic E-state index is 0.0289. The highest BCUT2D eigenvalue weighted by molar-refractivity contribution is 4.86. The van der Waals surface area contributed by atoms with E-state index in [-0.39, 0.29) is 12.2 Å². The van der Waals surface area contributed by atoms with Gasteiger partial charge < -0.3 is 14.6 Å². The fourth-order valence-corrected chi connectivity index (χ4v) is 1.47. The van der Waals surface area contributed by atoms with Crippen molar-refractivity contribution in [1.82, 2.24) is 0 Å². The van der Waals surface area contributed by atoms with Crippen LogP contribution in [-0.2, 0) is 9.47 Å². The van der Waals surface area contributed by atoms with Crippen LogP contribution in [0.3, 0.4) is 0 Å². The van der Waals surface area contributed by atoms with Crippen LogP contribution in [0.5, 0.6) is 0 Å². The number of hydrogen-bond acceptors (Lipinski definition) is 3. The molecule has 1 rings (SSSR count). The summed E-state index contributed by atoms with van der Waals surface area (Å²) in [6.07, 6.45) is 2.03. The van der Waals surface area contributed by atoms with E-state index in [4.69, 9.17) is 9.47 Å². The molecule has 2 atom stereocenters. The van der Waals surface area contributed by atoms with Gasteiger partial charge >= 0.3 is 0 Å². The normalized spacial score (nSPS) is 21.9. The molecular weight excluding hydrogens is 168 g/mol. The molecule has 0 aliphatic heterocycles. The van der Waals surface area contributed by atoms with Gasteiger partial charge in [0.2, 0.25) is 0 Å². The average Bonchev–Trinajstić information content (AvgIpc) is 2.86. The Balaban J connectivity index is 2.22. The lowest BCUT2D eigenvalue weighted by Crippen LogP contribution is -2.34. The monoisotopic (exact) mass is 188 g/mol. The Kier molecular flexibility index (Phi) is 4.16. The summed E-state index contributed by atoms with van der Waals surface area (Å²) in [6.45, 7) is 4.31. The number of aliphatic hydroxyl groups is 1. The van der Waals surface area contributed by atoms with E-state index in [9.17, 15) is 5.11 Å². The fraction of sp³-hybridized carbons (Fsp3) is 1.00. The van der Waals surface area contributed by atoms with Gasteiger partial charge in [-0.1, -0.05) is 0 Å². The topological polar surface area (TPSA) is 38.7 Å². The lowest BCUT2D eigenvalue weighted by atomic mass is 10.1. The van der Waals surface area contributed by atoms with Crippen LogP contribution in [-0.4, -0.2) is 37.1 Å². The van der Waals surface area contributed by atoms with Crippen LogP contribution < -0.4 is 0 Å². The smallest absolute Gasteiger partial charge is 0.104 e. The van der Waals surface area contributed by atoms with Crippen molar-refractivity contribution < 1.29 is 14.6 Å². The van der Waals surface area contributed by atoms with Crippen molar-refractivity contribution in [2.45, 2.75) is 45.0 Å². The molecule has 0 aromatic carbocycles. The highest BCUT2D eigenvalue weighted by Gasteiger charge is 2.36. The van der Waals surface area contributed by atoms with Crippen LogP contribution in [0.4, 0.5) is 0 Å². The van der Waals surface area contributed by atoms with Crippen LogP contribution in [0.1, 0.15) is 26.7 Å². The van der Waals surface area contributed by atoms with Crippen molar-refractivity contribution in [3.05, 3.63) is 0 Å². The van der Waals surface area contributed by atoms with Crippen LogP contribution in [0.15, 0.2) is 0 Å². The zero-order chi connectivity index (χ0) is 9.84. The third-order valence-electron chi connectivity index (χ3n) is 2.34. The van der Waals surface area contributed by atoms with Crippen molar-refractivity contribution >= 4 is 0 Å². The Bertz CT molecular complexity index is 143. The molecule has 0 spiro atoms. The largest absolute Gasteiger partial charge is 0.388 e. The second kappa shape index (κ2) is 4.94. The summed E-state index contributed by atoms with van der Waals surface area (Å²) in [5.41, 5.74) is 0. The maximum absolute atomic E-state index is 9.72. The third kappa shape index (κ3) is 3.63. The molecule has 0 aromatic heterocycles. The Labute approximate surface area is 80.0 Å². The molecule has 1 fully saturated rings. The molecule has 1 saturated carbocycles. The molecule has 0 amide bonds. The van der Waals surface area contributed by atoms with E-state index in [0.29, 0.717) is 12.5 Å². The van der Waals surface area contributed by atoms with E-state index < -0.39 is 6.10 Å². The molecular formula is C10H20O3.